The zero-order valence-corrected chi connectivity index (χ0v) is 9.89. The third kappa shape index (κ3) is 1.85. The summed E-state index contributed by atoms with van der Waals surface area (Å²) in [5, 5.41) is 0. The third-order valence-corrected chi connectivity index (χ3v) is 3.16. The Balaban J connectivity index is 0.000000963. The van der Waals surface area contributed by atoms with Crippen molar-refractivity contribution in [3.8, 4) is 11.5 Å². The minimum atomic E-state index is 0. The molecule has 0 saturated carbocycles. The van der Waals surface area contributed by atoms with E-state index in [4.69, 9.17) is 15.2 Å². The standard InChI is InChI=1S/C12H15NO2.ClH/c13-10-3-1-2-8-6-11-12(7-9(8)10)15-5-4-14-11;/h6-7,10H,1-5,13H2;1H. The average Bonchev–Trinajstić information content (AvgIpc) is 2.27. The number of ether oxygens (including phenoxy) is 2. The van der Waals surface area contributed by atoms with Crippen molar-refractivity contribution in [1.29, 1.82) is 0 Å². The lowest BCUT2D eigenvalue weighted by Gasteiger charge is -2.26. The van der Waals surface area contributed by atoms with Crippen LogP contribution in [0.2, 0.25) is 0 Å². The Kier molecular flexibility index (Phi) is 3.26. The molecule has 3 rings (SSSR count). The summed E-state index contributed by atoms with van der Waals surface area (Å²) in [5.74, 6) is 1.74. The number of aryl methyl sites for hydroxylation is 1. The molecule has 3 nitrogen and oxygen atoms in total. The lowest BCUT2D eigenvalue weighted by molar-refractivity contribution is 0.171. The van der Waals surface area contributed by atoms with Crippen LogP contribution in [0.4, 0.5) is 0 Å². The van der Waals surface area contributed by atoms with Gasteiger partial charge in [0.25, 0.3) is 0 Å². The molecule has 0 amide bonds. The molecule has 1 aliphatic carbocycles. The zero-order valence-electron chi connectivity index (χ0n) is 9.07. The third-order valence-electron chi connectivity index (χ3n) is 3.16. The Morgan fingerprint density at radius 2 is 1.81 bits per heavy atom. The van der Waals surface area contributed by atoms with Crippen molar-refractivity contribution in [2.24, 2.45) is 5.73 Å². The van der Waals surface area contributed by atoms with Crippen LogP contribution in [0.3, 0.4) is 0 Å². The molecule has 1 aromatic rings. The minimum absolute atomic E-state index is 0. The highest BCUT2D eigenvalue weighted by Crippen LogP contribution is 2.38. The van der Waals surface area contributed by atoms with Gasteiger partial charge in [-0.05, 0) is 42.5 Å². The predicted octanol–water partition coefficient (Wildman–Crippen LogP) is 2.22. The van der Waals surface area contributed by atoms with Gasteiger partial charge >= 0.3 is 0 Å². The van der Waals surface area contributed by atoms with E-state index in [1.807, 2.05) is 0 Å². The lowest BCUT2D eigenvalue weighted by atomic mass is 9.88. The van der Waals surface area contributed by atoms with Crippen molar-refractivity contribution in [1.82, 2.24) is 0 Å². The van der Waals surface area contributed by atoms with E-state index >= 15 is 0 Å². The number of rotatable bonds is 0. The average molecular weight is 242 g/mol. The van der Waals surface area contributed by atoms with Gasteiger partial charge in [0.15, 0.2) is 11.5 Å². The highest BCUT2D eigenvalue weighted by Gasteiger charge is 2.21. The van der Waals surface area contributed by atoms with Crippen molar-refractivity contribution < 1.29 is 9.47 Å². The van der Waals surface area contributed by atoms with Crippen LogP contribution < -0.4 is 15.2 Å². The second-order valence-corrected chi connectivity index (χ2v) is 4.19. The summed E-state index contributed by atoms with van der Waals surface area (Å²) in [6, 6.07) is 4.33. The van der Waals surface area contributed by atoms with Crippen molar-refractivity contribution in [2.45, 2.75) is 25.3 Å². The molecule has 88 valence electrons. The second-order valence-electron chi connectivity index (χ2n) is 4.19. The number of benzene rings is 1. The smallest absolute Gasteiger partial charge is 0.161 e. The number of fused-ring (bicyclic) bond motifs is 2. The van der Waals surface area contributed by atoms with Gasteiger partial charge in [-0.2, -0.15) is 0 Å². The summed E-state index contributed by atoms with van der Waals surface area (Å²) in [4.78, 5) is 0. The zero-order chi connectivity index (χ0) is 10.3. The first kappa shape index (κ1) is 11.6. The van der Waals surface area contributed by atoms with Crippen LogP contribution in [0.25, 0.3) is 0 Å². The molecule has 2 aliphatic rings. The van der Waals surface area contributed by atoms with E-state index in [1.54, 1.807) is 0 Å². The molecule has 4 heteroatoms. The van der Waals surface area contributed by atoms with E-state index in [9.17, 15) is 0 Å². The van der Waals surface area contributed by atoms with Gasteiger partial charge in [0.1, 0.15) is 13.2 Å². The molecule has 1 heterocycles. The maximum Gasteiger partial charge on any atom is 0.161 e. The Hall–Kier alpha value is -0.930. The Morgan fingerprint density at radius 1 is 1.12 bits per heavy atom. The van der Waals surface area contributed by atoms with Crippen molar-refractivity contribution in [3.63, 3.8) is 0 Å². The molecule has 1 atom stereocenters. The molecule has 0 radical (unpaired) electrons. The monoisotopic (exact) mass is 241 g/mol. The molecule has 0 aromatic heterocycles. The van der Waals surface area contributed by atoms with Crippen LogP contribution in [-0.4, -0.2) is 13.2 Å². The van der Waals surface area contributed by atoms with Gasteiger partial charge in [-0.3, -0.25) is 0 Å². The Labute approximate surface area is 101 Å². The van der Waals surface area contributed by atoms with Gasteiger partial charge in [0, 0.05) is 6.04 Å². The van der Waals surface area contributed by atoms with Crippen molar-refractivity contribution in [3.05, 3.63) is 23.3 Å². The first-order chi connectivity index (χ1) is 7.34. The quantitative estimate of drug-likeness (QED) is 0.758. The van der Waals surface area contributed by atoms with Crippen LogP contribution in [0.15, 0.2) is 12.1 Å². The molecule has 0 spiro atoms. The molecule has 16 heavy (non-hydrogen) atoms. The minimum Gasteiger partial charge on any atom is -0.486 e. The van der Waals surface area contributed by atoms with Crippen molar-refractivity contribution >= 4 is 12.4 Å². The fourth-order valence-electron chi connectivity index (χ4n) is 2.38. The fraction of sp³-hybridized carbons (Fsp3) is 0.500. The van der Waals surface area contributed by atoms with E-state index in [1.165, 1.54) is 17.5 Å². The largest absolute Gasteiger partial charge is 0.486 e. The van der Waals surface area contributed by atoms with E-state index in [-0.39, 0.29) is 18.4 Å². The van der Waals surface area contributed by atoms with Crippen LogP contribution in [0, 0.1) is 0 Å². The molecule has 0 fully saturated rings. The molecule has 1 aromatic carbocycles. The second kappa shape index (κ2) is 4.52. The summed E-state index contributed by atoms with van der Waals surface area (Å²) in [6.07, 6.45) is 3.36. The van der Waals surface area contributed by atoms with Crippen LogP contribution >= 0.6 is 12.4 Å². The maximum absolute atomic E-state index is 6.08. The van der Waals surface area contributed by atoms with Crippen LogP contribution in [0.1, 0.15) is 30.0 Å². The highest BCUT2D eigenvalue weighted by molar-refractivity contribution is 5.85. The topological polar surface area (TPSA) is 44.5 Å². The summed E-state index contributed by atoms with van der Waals surface area (Å²) in [5.41, 5.74) is 8.66. The first-order valence-corrected chi connectivity index (χ1v) is 5.52. The van der Waals surface area contributed by atoms with Gasteiger partial charge in [0.2, 0.25) is 0 Å². The number of halogens is 1. The SMILES string of the molecule is Cl.NC1CCCc2cc3c(cc21)OCCO3. The summed E-state index contributed by atoms with van der Waals surface area (Å²) in [7, 11) is 0. The Bertz CT molecular complexity index is 395. The van der Waals surface area contributed by atoms with E-state index in [0.717, 1.165) is 24.3 Å². The molecule has 1 aliphatic heterocycles. The van der Waals surface area contributed by atoms with E-state index in [2.05, 4.69) is 12.1 Å². The number of hydrogen-bond acceptors (Lipinski definition) is 3. The fourth-order valence-corrected chi connectivity index (χ4v) is 2.38. The molecular weight excluding hydrogens is 226 g/mol. The van der Waals surface area contributed by atoms with Crippen LogP contribution in [-0.2, 0) is 6.42 Å². The van der Waals surface area contributed by atoms with Gasteiger partial charge in [-0.1, -0.05) is 0 Å². The molecule has 2 N–H and O–H groups in total. The van der Waals surface area contributed by atoms with Gasteiger partial charge < -0.3 is 15.2 Å². The summed E-state index contributed by atoms with van der Waals surface area (Å²) in [6.45, 7) is 1.29. The number of nitrogens with two attached hydrogens (primary N) is 1. The maximum atomic E-state index is 6.08. The molecular formula is C12H16ClNO2. The predicted molar refractivity (Wildman–Crippen MR) is 64.5 cm³/mol. The van der Waals surface area contributed by atoms with Gasteiger partial charge in [0.05, 0.1) is 0 Å². The first-order valence-electron chi connectivity index (χ1n) is 5.52. The van der Waals surface area contributed by atoms with Gasteiger partial charge in [-0.15, -0.1) is 12.4 Å². The molecule has 1 unspecified atom stereocenters. The highest BCUT2D eigenvalue weighted by atomic mass is 35.5. The molecule has 0 saturated heterocycles. The van der Waals surface area contributed by atoms with Crippen LogP contribution in [0.5, 0.6) is 11.5 Å². The molecule has 0 bridgehead atoms. The van der Waals surface area contributed by atoms with Gasteiger partial charge in [-0.25, -0.2) is 0 Å². The number of hydrogen-bond donors (Lipinski definition) is 1. The summed E-state index contributed by atoms with van der Waals surface area (Å²) < 4.78 is 11.1. The van der Waals surface area contributed by atoms with E-state index in [0.29, 0.717) is 13.2 Å². The van der Waals surface area contributed by atoms with E-state index < -0.39 is 0 Å². The Morgan fingerprint density at radius 3 is 2.56 bits per heavy atom. The van der Waals surface area contributed by atoms with Crippen molar-refractivity contribution in [2.75, 3.05) is 13.2 Å². The summed E-state index contributed by atoms with van der Waals surface area (Å²) >= 11 is 0. The lowest BCUT2D eigenvalue weighted by Crippen LogP contribution is -2.20. The normalized spacial score (nSPS) is 21.9.